The van der Waals surface area contributed by atoms with Crippen LogP contribution in [0.5, 0.6) is 0 Å². The van der Waals surface area contributed by atoms with E-state index in [0.717, 1.165) is 13.1 Å². The van der Waals surface area contributed by atoms with E-state index in [4.69, 9.17) is 0 Å². The Hall–Kier alpha value is -1.30. The van der Waals surface area contributed by atoms with Gasteiger partial charge in [0.25, 0.3) is 0 Å². The van der Waals surface area contributed by atoms with Gasteiger partial charge in [-0.3, -0.25) is 4.90 Å². The van der Waals surface area contributed by atoms with Gasteiger partial charge in [0.1, 0.15) is 6.04 Å². The minimum atomic E-state index is -0.967. The monoisotopic (exact) mass is 299 g/mol. The van der Waals surface area contributed by atoms with E-state index in [1.807, 2.05) is 13.8 Å². The number of carboxylic acids is 1. The quantitative estimate of drug-likeness (QED) is 0.827. The first kappa shape index (κ1) is 17.8. The largest absolute Gasteiger partial charge is 0.480 e. The van der Waals surface area contributed by atoms with Gasteiger partial charge in [-0.15, -0.1) is 0 Å². The molecule has 1 aliphatic rings. The first-order chi connectivity index (χ1) is 9.61. The van der Waals surface area contributed by atoms with Gasteiger partial charge in [0.15, 0.2) is 0 Å². The standard InChI is InChI=1S/C15H29N3O3/c1-11(2)10-12(13(19)20)16-14(21)17-6-8-18(9-7-17)15(3,4)5/h11-12H,6-10H2,1-5H3,(H,16,21)(H,19,20)/t12-/m1/s1. The van der Waals surface area contributed by atoms with Crippen molar-refractivity contribution in [3.05, 3.63) is 0 Å². The molecule has 1 rings (SSSR count). The SMILES string of the molecule is CC(C)C[C@@H](NC(=O)N1CCN(C(C)(C)C)CC1)C(=O)O. The topological polar surface area (TPSA) is 72.9 Å². The predicted molar refractivity (Wildman–Crippen MR) is 82.3 cm³/mol. The van der Waals surface area contributed by atoms with Crippen molar-refractivity contribution < 1.29 is 14.7 Å². The van der Waals surface area contributed by atoms with E-state index in [1.54, 1.807) is 4.90 Å². The van der Waals surface area contributed by atoms with Gasteiger partial charge in [-0.2, -0.15) is 0 Å². The first-order valence-electron chi connectivity index (χ1n) is 7.64. The molecular formula is C15H29N3O3. The molecule has 2 N–H and O–H groups in total. The summed E-state index contributed by atoms with van der Waals surface area (Å²) in [5.41, 5.74) is 0.101. The predicted octanol–water partition coefficient (Wildman–Crippen LogP) is 1.61. The van der Waals surface area contributed by atoms with Gasteiger partial charge >= 0.3 is 12.0 Å². The fourth-order valence-electron chi connectivity index (χ4n) is 2.51. The van der Waals surface area contributed by atoms with Crippen molar-refractivity contribution in [3.63, 3.8) is 0 Å². The minimum absolute atomic E-state index is 0.101. The third-order valence-corrected chi connectivity index (χ3v) is 3.82. The molecule has 0 aromatic heterocycles. The van der Waals surface area contributed by atoms with Crippen LogP contribution in [0.4, 0.5) is 4.79 Å². The van der Waals surface area contributed by atoms with E-state index in [1.165, 1.54) is 0 Å². The summed E-state index contributed by atoms with van der Waals surface area (Å²) >= 11 is 0. The van der Waals surface area contributed by atoms with Crippen LogP contribution >= 0.6 is 0 Å². The molecule has 0 spiro atoms. The number of rotatable bonds is 4. The summed E-state index contributed by atoms with van der Waals surface area (Å²) < 4.78 is 0. The lowest BCUT2D eigenvalue weighted by molar-refractivity contribution is -0.139. The molecule has 6 nitrogen and oxygen atoms in total. The molecule has 6 heteroatoms. The zero-order valence-electron chi connectivity index (χ0n) is 13.8. The number of carbonyl (C=O) groups is 2. The Morgan fingerprint density at radius 1 is 1.14 bits per heavy atom. The van der Waals surface area contributed by atoms with Gasteiger partial charge in [0, 0.05) is 31.7 Å². The Morgan fingerprint density at radius 2 is 1.67 bits per heavy atom. The van der Waals surface area contributed by atoms with E-state index in [2.05, 4.69) is 31.0 Å². The van der Waals surface area contributed by atoms with Crippen LogP contribution in [0.3, 0.4) is 0 Å². The summed E-state index contributed by atoms with van der Waals surface area (Å²) in [5, 5.41) is 11.8. The molecule has 21 heavy (non-hydrogen) atoms. The summed E-state index contributed by atoms with van der Waals surface area (Å²) in [5.74, 6) is -0.741. The smallest absolute Gasteiger partial charge is 0.326 e. The van der Waals surface area contributed by atoms with Crippen molar-refractivity contribution in [2.24, 2.45) is 5.92 Å². The molecule has 0 bridgehead atoms. The number of amides is 2. The van der Waals surface area contributed by atoms with E-state index in [9.17, 15) is 14.7 Å². The zero-order chi connectivity index (χ0) is 16.2. The highest BCUT2D eigenvalue weighted by molar-refractivity contribution is 5.82. The number of aliphatic carboxylic acids is 1. The second-order valence-electron chi connectivity index (χ2n) is 7.11. The van der Waals surface area contributed by atoms with Crippen molar-refractivity contribution in [2.45, 2.75) is 52.6 Å². The van der Waals surface area contributed by atoms with Crippen molar-refractivity contribution >= 4 is 12.0 Å². The van der Waals surface area contributed by atoms with Crippen LogP contribution in [-0.4, -0.2) is 64.7 Å². The average molecular weight is 299 g/mol. The van der Waals surface area contributed by atoms with Gasteiger partial charge in [0.05, 0.1) is 0 Å². The molecule has 0 radical (unpaired) electrons. The van der Waals surface area contributed by atoms with Crippen LogP contribution < -0.4 is 5.32 Å². The number of hydrogen-bond acceptors (Lipinski definition) is 3. The maximum Gasteiger partial charge on any atom is 0.326 e. The van der Waals surface area contributed by atoms with E-state index in [-0.39, 0.29) is 17.5 Å². The molecule has 0 aliphatic carbocycles. The molecule has 1 fully saturated rings. The fourth-order valence-corrected chi connectivity index (χ4v) is 2.51. The third kappa shape index (κ3) is 5.53. The molecule has 1 atom stereocenters. The van der Waals surface area contributed by atoms with Crippen LogP contribution in [0.25, 0.3) is 0 Å². The molecular weight excluding hydrogens is 270 g/mol. The summed E-state index contributed by atoms with van der Waals surface area (Å²) in [6.45, 7) is 13.3. The van der Waals surface area contributed by atoms with E-state index in [0.29, 0.717) is 19.5 Å². The van der Waals surface area contributed by atoms with Crippen molar-refractivity contribution in [1.29, 1.82) is 0 Å². The molecule has 122 valence electrons. The lowest BCUT2D eigenvalue weighted by Crippen LogP contribution is -2.58. The number of urea groups is 1. The highest BCUT2D eigenvalue weighted by Gasteiger charge is 2.29. The second-order valence-corrected chi connectivity index (χ2v) is 7.11. The van der Waals surface area contributed by atoms with Gasteiger partial charge < -0.3 is 15.3 Å². The highest BCUT2D eigenvalue weighted by atomic mass is 16.4. The molecule has 0 saturated carbocycles. The van der Waals surface area contributed by atoms with E-state index < -0.39 is 12.0 Å². The van der Waals surface area contributed by atoms with Gasteiger partial charge in [0.2, 0.25) is 0 Å². The van der Waals surface area contributed by atoms with Gasteiger partial charge in [-0.05, 0) is 33.1 Å². The fraction of sp³-hybridized carbons (Fsp3) is 0.867. The van der Waals surface area contributed by atoms with Crippen molar-refractivity contribution in [2.75, 3.05) is 26.2 Å². The average Bonchev–Trinajstić information content (AvgIpc) is 2.36. The van der Waals surface area contributed by atoms with Crippen molar-refractivity contribution in [1.82, 2.24) is 15.1 Å². The van der Waals surface area contributed by atoms with Crippen LogP contribution in [0.2, 0.25) is 0 Å². The molecule has 0 aromatic carbocycles. The Kier molecular flexibility index (Phi) is 6.01. The van der Waals surface area contributed by atoms with Crippen LogP contribution in [-0.2, 0) is 4.79 Å². The van der Waals surface area contributed by atoms with Crippen LogP contribution in [0.1, 0.15) is 41.0 Å². The van der Waals surface area contributed by atoms with Crippen LogP contribution in [0, 0.1) is 5.92 Å². The molecule has 2 amide bonds. The summed E-state index contributed by atoms with van der Waals surface area (Å²) in [6, 6.07) is -1.07. The normalized spacial score (nSPS) is 18.7. The van der Waals surface area contributed by atoms with Crippen LogP contribution in [0.15, 0.2) is 0 Å². The number of hydrogen-bond donors (Lipinski definition) is 2. The Balaban J connectivity index is 2.51. The molecule has 0 unspecified atom stereocenters. The second kappa shape index (κ2) is 7.11. The van der Waals surface area contributed by atoms with Gasteiger partial charge in [-0.1, -0.05) is 13.8 Å². The molecule has 1 saturated heterocycles. The molecule has 1 aliphatic heterocycles. The minimum Gasteiger partial charge on any atom is -0.480 e. The number of carbonyl (C=O) groups excluding carboxylic acids is 1. The zero-order valence-corrected chi connectivity index (χ0v) is 13.8. The summed E-state index contributed by atoms with van der Waals surface area (Å²) in [7, 11) is 0. The Morgan fingerprint density at radius 3 is 2.05 bits per heavy atom. The number of nitrogens with zero attached hydrogens (tertiary/aromatic N) is 2. The summed E-state index contributed by atoms with van der Waals surface area (Å²) in [6.07, 6.45) is 0.447. The van der Waals surface area contributed by atoms with Crippen molar-refractivity contribution in [3.8, 4) is 0 Å². The lowest BCUT2D eigenvalue weighted by atomic mass is 10.0. The Bertz CT molecular complexity index is 369. The molecule has 0 aromatic rings. The summed E-state index contributed by atoms with van der Waals surface area (Å²) in [4.78, 5) is 27.4. The third-order valence-electron chi connectivity index (χ3n) is 3.82. The Labute approximate surface area is 127 Å². The number of nitrogens with one attached hydrogen (secondary N) is 1. The molecule has 1 heterocycles. The number of carboxylic acid groups (broad SMARTS) is 1. The maximum absolute atomic E-state index is 12.2. The maximum atomic E-state index is 12.2. The highest BCUT2D eigenvalue weighted by Crippen LogP contribution is 2.16. The lowest BCUT2D eigenvalue weighted by Gasteiger charge is -2.42. The number of piperazine rings is 1. The van der Waals surface area contributed by atoms with Gasteiger partial charge in [-0.25, -0.2) is 9.59 Å². The first-order valence-corrected chi connectivity index (χ1v) is 7.64. The van der Waals surface area contributed by atoms with E-state index >= 15 is 0 Å².